The molecule has 0 amide bonds. The largest absolute Gasteiger partial charge is 0.373 e. The van der Waals surface area contributed by atoms with Crippen LogP contribution in [0.2, 0.25) is 0 Å². The Morgan fingerprint density at radius 1 is 0.788 bits per heavy atom. The molecule has 0 bridgehead atoms. The topological polar surface area (TPSA) is 27.7 Å². The van der Waals surface area contributed by atoms with Crippen LogP contribution < -0.4 is 0 Å². The average Bonchev–Trinajstić information content (AvgIpc) is 2.83. The zero-order chi connectivity index (χ0) is 23.3. The van der Waals surface area contributed by atoms with Crippen molar-refractivity contribution < 1.29 is 23.0 Å². The predicted molar refractivity (Wildman–Crippen MR) is 129 cm³/mol. The Balaban J connectivity index is 1.17. The number of unbranched alkanes of at least 4 members (excludes halogenated alkanes) is 4. The molecule has 1 saturated heterocycles. The van der Waals surface area contributed by atoms with Crippen molar-refractivity contribution in [3.8, 4) is 0 Å². The first-order valence-corrected chi connectivity index (χ1v) is 14.0. The van der Waals surface area contributed by atoms with E-state index in [2.05, 4.69) is 6.92 Å². The smallest absolute Gasteiger partial charge is 0.266 e. The molecule has 0 atom stereocenters. The van der Waals surface area contributed by atoms with Crippen LogP contribution in [-0.2, 0) is 14.2 Å². The first-order valence-electron chi connectivity index (χ1n) is 14.0. The molecule has 0 spiro atoms. The van der Waals surface area contributed by atoms with E-state index in [1.807, 2.05) is 0 Å². The van der Waals surface area contributed by atoms with Crippen molar-refractivity contribution in [1.82, 2.24) is 0 Å². The van der Waals surface area contributed by atoms with Crippen molar-refractivity contribution in [2.45, 2.75) is 122 Å². The number of ether oxygens (including phenoxy) is 3. The van der Waals surface area contributed by atoms with Crippen molar-refractivity contribution in [2.75, 3.05) is 19.8 Å². The zero-order valence-corrected chi connectivity index (χ0v) is 21.0. The van der Waals surface area contributed by atoms with Crippen LogP contribution in [0, 0.1) is 23.7 Å². The van der Waals surface area contributed by atoms with E-state index in [1.54, 1.807) is 0 Å². The van der Waals surface area contributed by atoms with Crippen LogP contribution in [0.1, 0.15) is 110 Å². The summed E-state index contributed by atoms with van der Waals surface area (Å²) in [5, 5.41) is 0. The molecule has 2 saturated carbocycles. The van der Waals surface area contributed by atoms with Gasteiger partial charge in [-0.05, 0) is 62.4 Å². The van der Waals surface area contributed by atoms with E-state index < -0.39 is 6.08 Å². The summed E-state index contributed by atoms with van der Waals surface area (Å²) in [6, 6.07) is 0. The van der Waals surface area contributed by atoms with E-state index in [1.165, 1.54) is 70.6 Å². The normalized spacial score (nSPS) is 33.1. The molecule has 0 N–H and O–H groups in total. The van der Waals surface area contributed by atoms with Gasteiger partial charge in [0.1, 0.15) is 6.10 Å². The standard InChI is InChI=1S/C28H48F2O3/c1-2-3-4-5-6-8-22-10-12-23(13-11-22)9-7-18-31-26-20-32-28(33-21-26)25-16-14-24(15-17-25)19-27(29)30/h19,22-26,28H,2-18,20-21H2,1H3. The minimum Gasteiger partial charge on any atom is -0.373 e. The molecule has 192 valence electrons. The lowest BCUT2D eigenvalue weighted by atomic mass is 9.78. The van der Waals surface area contributed by atoms with Gasteiger partial charge in [-0.3, -0.25) is 0 Å². The van der Waals surface area contributed by atoms with Gasteiger partial charge < -0.3 is 14.2 Å². The molecule has 0 radical (unpaired) electrons. The van der Waals surface area contributed by atoms with Crippen molar-refractivity contribution in [3.63, 3.8) is 0 Å². The first-order chi connectivity index (χ1) is 16.1. The molecule has 2 aliphatic carbocycles. The molecule has 0 aromatic rings. The number of allylic oxidation sites excluding steroid dienone is 1. The minimum absolute atomic E-state index is 0.0107. The Bertz CT molecular complexity index is 527. The average molecular weight is 471 g/mol. The third-order valence-corrected chi connectivity index (χ3v) is 8.25. The number of hydrogen-bond acceptors (Lipinski definition) is 3. The van der Waals surface area contributed by atoms with E-state index in [4.69, 9.17) is 14.2 Å². The second kappa shape index (κ2) is 15.5. The van der Waals surface area contributed by atoms with Crippen LogP contribution in [0.25, 0.3) is 0 Å². The molecule has 33 heavy (non-hydrogen) atoms. The summed E-state index contributed by atoms with van der Waals surface area (Å²) in [6.45, 7) is 4.26. The SMILES string of the molecule is CCCCCCCC1CCC(CCCOC2COC(C3CCC(C=C(F)F)CC3)OC2)CC1. The molecule has 1 heterocycles. The highest BCUT2D eigenvalue weighted by Gasteiger charge is 2.32. The number of rotatable bonds is 13. The summed E-state index contributed by atoms with van der Waals surface area (Å²) in [5.74, 6) is 2.21. The molecular formula is C28H48F2O3. The lowest BCUT2D eigenvalue weighted by Gasteiger charge is -2.37. The van der Waals surface area contributed by atoms with Crippen molar-refractivity contribution in [2.24, 2.45) is 23.7 Å². The monoisotopic (exact) mass is 470 g/mol. The highest BCUT2D eigenvalue weighted by atomic mass is 19.3. The molecule has 5 heteroatoms. The Labute approximate surface area is 201 Å². The van der Waals surface area contributed by atoms with Crippen LogP contribution in [0.15, 0.2) is 12.2 Å². The van der Waals surface area contributed by atoms with Gasteiger partial charge in [0.15, 0.2) is 6.29 Å². The molecule has 3 fully saturated rings. The molecule has 3 nitrogen and oxygen atoms in total. The fourth-order valence-corrected chi connectivity index (χ4v) is 6.10. The van der Waals surface area contributed by atoms with E-state index in [0.29, 0.717) is 19.1 Å². The van der Waals surface area contributed by atoms with Crippen molar-refractivity contribution in [1.29, 1.82) is 0 Å². The van der Waals surface area contributed by atoms with E-state index in [9.17, 15) is 8.78 Å². The van der Waals surface area contributed by atoms with Gasteiger partial charge >= 0.3 is 0 Å². The summed E-state index contributed by atoms with van der Waals surface area (Å²) in [7, 11) is 0. The van der Waals surface area contributed by atoms with Gasteiger partial charge in [0.2, 0.25) is 0 Å². The first kappa shape index (κ1) is 27.1. The summed E-state index contributed by atoms with van der Waals surface area (Å²) in [5.41, 5.74) is 0. The Kier molecular flexibility index (Phi) is 12.7. The highest BCUT2D eigenvalue weighted by Crippen LogP contribution is 2.36. The fraction of sp³-hybridized carbons (Fsp3) is 0.929. The summed E-state index contributed by atoms with van der Waals surface area (Å²) < 4.78 is 42.8. The highest BCUT2D eigenvalue weighted by molar-refractivity contribution is 4.91. The predicted octanol–water partition coefficient (Wildman–Crippen LogP) is 8.28. The van der Waals surface area contributed by atoms with E-state index >= 15 is 0 Å². The van der Waals surface area contributed by atoms with Crippen LogP contribution in [0.5, 0.6) is 0 Å². The maximum Gasteiger partial charge on any atom is 0.266 e. The lowest BCUT2D eigenvalue weighted by molar-refractivity contribution is -0.249. The van der Waals surface area contributed by atoms with Gasteiger partial charge in [0.25, 0.3) is 6.08 Å². The third kappa shape index (κ3) is 10.3. The van der Waals surface area contributed by atoms with Gasteiger partial charge in [-0.15, -0.1) is 0 Å². The van der Waals surface area contributed by atoms with E-state index in [-0.39, 0.29) is 18.3 Å². The second-order valence-corrected chi connectivity index (χ2v) is 10.9. The van der Waals surface area contributed by atoms with Crippen LogP contribution in [0.3, 0.4) is 0 Å². The lowest BCUT2D eigenvalue weighted by Crippen LogP contribution is -2.42. The second-order valence-electron chi connectivity index (χ2n) is 10.9. The Morgan fingerprint density at radius 2 is 1.39 bits per heavy atom. The molecule has 3 rings (SSSR count). The maximum atomic E-state index is 12.4. The maximum absolute atomic E-state index is 12.4. The fourth-order valence-electron chi connectivity index (χ4n) is 6.10. The van der Waals surface area contributed by atoms with Gasteiger partial charge in [0.05, 0.1) is 13.2 Å². The summed E-state index contributed by atoms with van der Waals surface area (Å²) >= 11 is 0. The van der Waals surface area contributed by atoms with Crippen molar-refractivity contribution in [3.05, 3.63) is 12.2 Å². The molecule has 3 aliphatic rings. The molecular weight excluding hydrogens is 422 g/mol. The van der Waals surface area contributed by atoms with Crippen LogP contribution in [0.4, 0.5) is 8.78 Å². The van der Waals surface area contributed by atoms with Crippen LogP contribution in [-0.4, -0.2) is 32.2 Å². The minimum atomic E-state index is -1.55. The van der Waals surface area contributed by atoms with Gasteiger partial charge in [-0.2, -0.15) is 8.78 Å². The van der Waals surface area contributed by atoms with Crippen molar-refractivity contribution >= 4 is 0 Å². The third-order valence-electron chi connectivity index (χ3n) is 8.25. The molecule has 0 aromatic carbocycles. The summed E-state index contributed by atoms with van der Waals surface area (Å²) in [6.07, 6.45) is 19.4. The van der Waals surface area contributed by atoms with Gasteiger partial charge in [-0.1, -0.05) is 71.1 Å². The zero-order valence-electron chi connectivity index (χ0n) is 21.0. The van der Waals surface area contributed by atoms with Gasteiger partial charge in [0, 0.05) is 12.5 Å². The van der Waals surface area contributed by atoms with Crippen LogP contribution >= 0.6 is 0 Å². The Morgan fingerprint density at radius 3 is 2.00 bits per heavy atom. The number of halogens is 2. The number of hydrogen-bond donors (Lipinski definition) is 0. The quantitative estimate of drug-likeness (QED) is 0.253. The van der Waals surface area contributed by atoms with E-state index in [0.717, 1.165) is 56.6 Å². The molecule has 1 aliphatic heterocycles. The molecule has 0 unspecified atom stereocenters. The Hall–Kier alpha value is -0.520. The molecule has 0 aromatic heterocycles. The summed E-state index contributed by atoms with van der Waals surface area (Å²) in [4.78, 5) is 0. The van der Waals surface area contributed by atoms with Gasteiger partial charge in [-0.25, -0.2) is 0 Å².